The van der Waals surface area contributed by atoms with Gasteiger partial charge in [-0.25, -0.2) is 0 Å². The molecule has 1 heterocycles. The summed E-state index contributed by atoms with van der Waals surface area (Å²) in [5.74, 6) is 0.493. The van der Waals surface area contributed by atoms with Crippen molar-refractivity contribution in [2.45, 2.75) is 6.54 Å². The minimum Gasteiger partial charge on any atom is -0.365 e. The molecule has 0 spiro atoms. The molecule has 6 heteroatoms. The summed E-state index contributed by atoms with van der Waals surface area (Å²) in [5.41, 5.74) is 1.47. The number of nitro groups is 1. The lowest BCUT2D eigenvalue weighted by molar-refractivity contribution is -0.404. The van der Waals surface area contributed by atoms with Gasteiger partial charge in [-0.2, -0.15) is 5.26 Å². The zero-order valence-electron chi connectivity index (χ0n) is 9.67. The van der Waals surface area contributed by atoms with Crippen molar-refractivity contribution in [3.05, 3.63) is 57.5 Å². The molecule has 1 N–H and O–H groups in total. The van der Waals surface area contributed by atoms with Crippen LogP contribution in [-0.4, -0.2) is 22.9 Å². The van der Waals surface area contributed by atoms with Gasteiger partial charge in [0, 0.05) is 19.6 Å². The number of hydrogen-bond acceptors (Lipinski definition) is 5. The maximum Gasteiger partial charge on any atom is 0.274 e. The second kappa shape index (κ2) is 5.19. The number of nitrogens with zero attached hydrogens (tertiary/aromatic N) is 3. The zero-order chi connectivity index (χ0) is 13.0. The van der Waals surface area contributed by atoms with E-state index < -0.39 is 4.92 Å². The summed E-state index contributed by atoms with van der Waals surface area (Å²) in [6, 6.07) is 9.39. The Bertz CT molecular complexity index is 533. The van der Waals surface area contributed by atoms with E-state index in [1.54, 1.807) is 12.1 Å². The molecule has 0 unspecified atom stereocenters. The molecule has 0 aliphatic carbocycles. The summed E-state index contributed by atoms with van der Waals surface area (Å²) in [6.45, 7) is 1.87. The van der Waals surface area contributed by atoms with Crippen molar-refractivity contribution in [1.29, 1.82) is 5.26 Å². The molecule has 0 atom stereocenters. The number of hydrogen-bond donors (Lipinski definition) is 1. The van der Waals surface area contributed by atoms with E-state index in [4.69, 9.17) is 5.26 Å². The first-order valence-corrected chi connectivity index (χ1v) is 5.53. The fourth-order valence-corrected chi connectivity index (χ4v) is 1.92. The monoisotopic (exact) mass is 244 g/mol. The van der Waals surface area contributed by atoms with Gasteiger partial charge in [0.25, 0.3) is 6.20 Å². The third-order valence-electron chi connectivity index (χ3n) is 2.76. The van der Waals surface area contributed by atoms with Gasteiger partial charge < -0.3 is 10.2 Å². The molecule has 0 radical (unpaired) electrons. The topological polar surface area (TPSA) is 82.2 Å². The first-order chi connectivity index (χ1) is 8.70. The van der Waals surface area contributed by atoms with Crippen LogP contribution in [0.3, 0.4) is 0 Å². The lowest BCUT2D eigenvalue weighted by Gasteiger charge is -2.17. The molecular weight excluding hydrogens is 232 g/mol. The second-order valence-electron chi connectivity index (χ2n) is 3.92. The van der Waals surface area contributed by atoms with Gasteiger partial charge >= 0.3 is 0 Å². The highest BCUT2D eigenvalue weighted by Crippen LogP contribution is 2.15. The summed E-state index contributed by atoms with van der Waals surface area (Å²) >= 11 is 0. The van der Waals surface area contributed by atoms with E-state index in [0.29, 0.717) is 31.0 Å². The highest BCUT2D eigenvalue weighted by atomic mass is 16.6. The lowest BCUT2D eigenvalue weighted by atomic mass is 10.1. The Balaban J connectivity index is 2.19. The third-order valence-corrected chi connectivity index (χ3v) is 2.76. The van der Waals surface area contributed by atoms with E-state index in [1.807, 2.05) is 17.0 Å². The van der Waals surface area contributed by atoms with Crippen molar-refractivity contribution in [2.24, 2.45) is 0 Å². The first kappa shape index (κ1) is 11.9. The molecule has 1 fully saturated rings. The van der Waals surface area contributed by atoms with E-state index in [-0.39, 0.29) is 0 Å². The zero-order valence-corrected chi connectivity index (χ0v) is 9.67. The number of nitriles is 1. The van der Waals surface area contributed by atoms with Crippen LogP contribution in [-0.2, 0) is 6.54 Å². The number of benzene rings is 1. The van der Waals surface area contributed by atoms with Gasteiger partial charge in [-0.15, -0.1) is 0 Å². The largest absolute Gasteiger partial charge is 0.365 e. The Morgan fingerprint density at radius 3 is 3.06 bits per heavy atom. The maximum absolute atomic E-state index is 10.5. The minimum atomic E-state index is -0.475. The highest BCUT2D eigenvalue weighted by molar-refractivity contribution is 5.37. The van der Waals surface area contributed by atoms with Crippen LogP contribution in [0.25, 0.3) is 0 Å². The van der Waals surface area contributed by atoms with Crippen LogP contribution in [0.4, 0.5) is 0 Å². The average molecular weight is 244 g/mol. The molecule has 1 saturated heterocycles. The molecular formula is C12H12N4O2. The molecule has 6 nitrogen and oxygen atoms in total. The van der Waals surface area contributed by atoms with E-state index in [1.165, 1.54) is 0 Å². The molecule has 1 aliphatic rings. The van der Waals surface area contributed by atoms with Crippen LogP contribution in [0, 0.1) is 21.4 Å². The Labute approximate surface area is 104 Å². The van der Waals surface area contributed by atoms with E-state index in [2.05, 4.69) is 11.4 Å². The predicted molar refractivity (Wildman–Crippen MR) is 64.6 cm³/mol. The van der Waals surface area contributed by atoms with Crippen molar-refractivity contribution >= 4 is 0 Å². The van der Waals surface area contributed by atoms with Gasteiger partial charge in [0.1, 0.15) is 0 Å². The summed E-state index contributed by atoms with van der Waals surface area (Å²) < 4.78 is 0. The van der Waals surface area contributed by atoms with Crippen molar-refractivity contribution in [1.82, 2.24) is 10.2 Å². The maximum atomic E-state index is 10.5. The van der Waals surface area contributed by atoms with Gasteiger partial charge in [0.05, 0.1) is 16.6 Å². The molecule has 0 bridgehead atoms. The average Bonchev–Trinajstić information content (AvgIpc) is 2.76. The minimum absolute atomic E-state index is 0.475. The van der Waals surface area contributed by atoms with Crippen LogP contribution >= 0.6 is 0 Å². The number of nitrogens with one attached hydrogen (secondary N) is 1. The van der Waals surface area contributed by atoms with Crippen molar-refractivity contribution in [3.63, 3.8) is 0 Å². The molecule has 0 saturated carbocycles. The van der Waals surface area contributed by atoms with Crippen molar-refractivity contribution < 1.29 is 4.92 Å². The van der Waals surface area contributed by atoms with Crippen LogP contribution in [0.15, 0.2) is 36.3 Å². The van der Waals surface area contributed by atoms with Crippen LogP contribution < -0.4 is 5.32 Å². The molecule has 1 aromatic rings. The summed E-state index contributed by atoms with van der Waals surface area (Å²) in [6.07, 6.45) is 0.960. The standard InChI is InChI=1S/C12H12N4O2/c13-7-10-3-1-2-4-11(10)8-15-6-5-14-12(15)9-16(17)18/h1-4,9,14H,5-6,8H2. The van der Waals surface area contributed by atoms with Gasteiger partial charge in [-0.05, 0) is 11.6 Å². The Morgan fingerprint density at radius 2 is 2.33 bits per heavy atom. The molecule has 0 amide bonds. The summed E-state index contributed by atoms with van der Waals surface area (Å²) in [5, 5.41) is 22.4. The molecule has 2 rings (SSSR count). The van der Waals surface area contributed by atoms with E-state index in [0.717, 1.165) is 11.8 Å². The van der Waals surface area contributed by atoms with Gasteiger partial charge in [0.2, 0.25) is 0 Å². The smallest absolute Gasteiger partial charge is 0.274 e. The van der Waals surface area contributed by atoms with Crippen LogP contribution in [0.2, 0.25) is 0 Å². The van der Waals surface area contributed by atoms with Crippen LogP contribution in [0.1, 0.15) is 11.1 Å². The fourth-order valence-electron chi connectivity index (χ4n) is 1.92. The van der Waals surface area contributed by atoms with Crippen molar-refractivity contribution in [3.8, 4) is 6.07 Å². The normalized spacial score (nSPS) is 16.4. The third kappa shape index (κ3) is 2.58. The Kier molecular flexibility index (Phi) is 3.44. The van der Waals surface area contributed by atoms with Crippen molar-refractivity contribution in [2.75, 3.05) is 13.1 Å². The highest BCUT2D eigenvalue weighted by Gasteiger charge is 2.20. The molecule has 1 aromatic carbocycles. The Morgan fingerprint density at radius 1 is 1.56 bits per heavy atom. The van der Waals surface area contributed by atoms with E-state index in [9.17, 15) is 10.1 Å². The molecule has 92 valence electrons. The van der Waals surface area contributed by atoms with Gasteiger partial charge in [-0.1, -0.05) is 18.2 Å². The van der Waals surface area contributed by atoms with E-state index >= 15 is 0 Å². The molecule has 18 heavy (non-hydrogen) atoms. The quantitative estimate of drug-likeness (QED) is 0.634. The Hall–Kier alpha value is -2.55. The predicted octanol–water partition coefficient (Wildman–Crippen LogP) is 1.04. The van der Waals surface area contributed by atoms with Gasteiger partial charge in [-0.3, -0.25) is 10.1 Å². The van der Waals surface area contributed by atoms with Gasteiger partial charge in [0.15, 0.2) is 5.82 Å². The summed E-state index contributed by atoms with van der Waals surface area (Å²) in [4.78, 5) is 11.9. The lowest BCUT2D eigenvalue weighted by Crippen LogP contribution is -2.21. The first-order valence-electron chi connectivity index (χ1n) is 5.53. The number of rotatable bonds is 3. The second-order valence-corrected chi connectivity index (χ2v) is 3.92. The fraction of sp³-hybridized carbons (Fsp3) is 0.250. The molecule has 0 aromatic heterocycles. The SMILES string of the molecule is N#Cc1ccccc1CN1CCNC1=C[N+](=O)[O-]. The summed E-state index contributed by atoms with van der Waals surface area (Å²) in [7, 11) is 0. The molecule has 1 aliphatic heterocycles. The van der Waals surface area contributed by atoms with Crippen LogP contribution in [0.5, 0.6) is 0 Å².